The molecule has 0 aliphatic carbocycles. The Balaban J connectivity index is 1.48. The predicted molar refractivity (Wildman–Crippen MR) is 83.5 cm³/mol. The molecule has 116 valence electrons. The quantitative estimate of drug-likeness (QED) is 0.822. The Morgan fingerprint density at radius 3 is 2.91 bits per heavy atom. The van der Waals surface area contributed by atoms with Gasteiger partial charge in [0.25, 0.3) is 0 Å². The maximum Gasteiger partial charge on any atom is 0.226 e. The van der Waals surface area contributed by atoms with Crippen molar-refractivity contribution in [1.29, 1.82) is 0 Å². The van der Waals surface area contributed by atoms with E-state index in [-0.39, 0.29) is 11.9 Å². The number of hydrogen-bond acceptors (Lipinski definition) is 3. The van der Waals surface area contributed by atoms with Gasteiger partial charge in [0.2, 0.25) is 5.91 Å². The van der Waals surface area contributed by atoms with Crippen LogP contribution in [0.15, 0.2) is 48.8 Å². The highest BCUT2D eigenvalue weighted by atomic mass is 16.5. The molecule has 0 bridgehead atoms. The number of carbonyl (C=O) groups excluding carboxylic acids is 1. The summed E-state index contributed by atoms with van der Waals surface area (Å²) in [5.74, 6) is 0.982. The van der Waals surface area contributed by atoms with Gasteiger partial charge in [-0.25, -0.2) is 0 Å². The average molecular weight is 299 g/mol. The van der Waals surface area contributed by atoms with Gasteiger partial charge in [-0.1, -0.05) is 18.2 Å². The van der Waals surface area contributed by atoms with Crippen molar-refractivity contribution in [2.75, 3.05) is 13.2 Å². The van der Waals surface area contributed by atoms with E-state index in [2.05, 4.69) is 5.10 Å². The lowest BCUT2D eigenvalue weighted by Crippen LogP contribution is -2.38. The van der Waals surface area contributed by atoms with Crippen LogP contribution in [0.25, 0.3) is 0 Å². The number of amides is 1. The number of rotatable bonds is 6. The van der Waals surface area contributed by atoms with Crippen molar-refractivity contribution in [2.45, 2.75) is 31.8 Å². The fourth-order valence-corrected chi connectivity index (χ4v) is 2.89. The molecule has 1 unspecified atom stereocenters. The maximum absolute atomic E-state index is 12.4. The number of para-hydroxylation sites is 1. The molecule has 0 saturated carbocycles. The normalized spacial score (nSPS) is 17.6. The first-order valence-electron chi connectivity index (χ1n) is 7.77. The summed E-state index contributed by atoms with van der Waals surface area (Å²) in [5.41, 5.74) is 0. The van der Waals surface area contributed by atoms with Crippen molar-refractivity contribution >= 4 is 5.91 Å². The Morgan fingerprint density at radius 1 is 1.27 bits per heavy atom. The summed E-state index contributed by atoms with van der Waals surface area (Å²) in [6.45, 7) is 2.04. The van der Waals surface area contributed by atoms with Crippen LogP contribution in [0, 0.1) is 0 Å². The van der Waals surface area contributed by atoms with E-state index in [1.807, 2.05) is 52.2 Å². The third-order valence-corrected chi connectivity index (χ3v) is 3.98. The number of likely N-dealkylation sites (tertiary alicyclic amines) is 1. The van der Waals surface area contributed by atoms with Crippen molar-refractivity contribution in [3.63, 3.8) is 0 Å². The van der Waals surface area contributed by atoms with E-state index >= 15 is 0 Å². The van der Waals surface area contributed by atoms with Gasteiger partial charge < -0.3 is 9.64 Å². The molecule has 0 radical (unpaired) electrons. The second kappa shape index (κ2) is 7.11. The Labute approximate surface area is 130 Å². The zero-order chi connectivity index (χ0) is 15.2. The summed E-state index contributed by atoms with van der Waals surface area (Å²) in [5, 5.41) is 4.23. The standard InChI is InChI=1S/C17H21N3O2/c21-17(9-13-22-16-7-2-1-3-8-16)20-12-4-6-15(20)14-19-11-5-10-18-19/h1-3,5,7-8,10-11,15H,4,6,9,12-14H2. The molecule has 5 heteroatoms. The molecule has 1 aliphatic heterocycles. The van der Waals surface area contributed by atoms with Crippen LogP contribution in [0.1, 0.15) is 19.3 Å². The van der Waals surface area contributed by atoms with E-state index < -0.39 is 0 Å². The minimum Gasteiger partial charge on any atom is -0.493 e. The zero-order valence-corrected chi connectivity index (χ0v) is 12.6. The fraction of sp³-hybridized carbons (Fsp3) is 0.412. The van der Waals surface area contributed by atoms with Crippen molar-refractivity contribution < 1.29 is 9.53 Å². The van der Waals surface area contributed by atoms with Crippen LogP contribution >= 0.6 is 0 Å². The first-order chi connectivity index (χ1) is 10.8. The summed E-state index contributed by atoms with van der Waals surface area (Å²) in [4.78, 5) is 14.4. The van der Waals surface area contributed by atoms with Gasteiger partial charge in [-0.3, -0.25) is 9.48 Å². The highest BCUT2D eigenvalue weighted by Crippen LogP contribution is 2.20. The Morgan fingerprint density at radius 2 is 2.14 bits per heavy atom. The molecular formula is C17H21N3O2. The highest BCUT2D eigenvalue weighted by molar-refractivity contribution is 5.77. The highest BCUT2D eigenvalue weighted by Gasteiger charge is 2.28. The molecule has 1 aromatic heterocycles. The van der Waals surface area contributed by atoms with Gasteiger partial charge in [0.15, 0.2) is 0 Å². The van der Waals surface area contributed by atoms with Gasteiger partial charge >= 0.3 is 0 Å². The molecule has 22 heavy (non-hydrogen) atoms. The van der Waals surface area contributed by atoms with Crippen LogP contribution in [0.2, 0.25) is 0 Å². The van der Waals surface area contributed by atoms with Crippen molar-refractivity contribution in [3.05, 3.63) is 48.8 Å². The van der Waals surface area contributed by atoms with Gasteiger partial charge in [-0.15, -0.1) is 0 Å². The third kappa shape index (κ3) is 3.67. The molecule has 0 spiro atoms. The minimum atomic E-state index is 0.172. The second-order valence-corrected chi connectivity index (χ2v) is 5.52. The van der Waals surface area contributed by atoms with E-state index in [9.17, 15) is 4.79 Å². The zero-order valence-electron chi connectivity index (χ0n) is 12.6. The van der Waals surface area contributed by atoms with Crippen LogP contribution in [-0.2, 0) is 11.3 Å². The largest absolute Gasteiger partial charge is 0.493 e. The van der Waals surface area contributed by atoms with Crippen LogP contribution in [0.4, 0.5) is 0 Å². The van der Waals surface area contributed by atoms with E-state index in [4.69, 9.17) is 4.74 Å². The summed E-state index contributed by atoms with van der Waals surface area (Å²) >= 11 is 0. The fourth-order valence-electron chi connectivity index (χ4n) is 2.89. The lowest BCUT2D eigenvalue weighted by atomic mass is 10.2. The lowest BCUT2D eigenvalue weighted by Gasteiger charge is -2.24. The lowest BCUT2D eigenvalue weighted by molar-refractivity contribution is -0.132. The van der Waals surface area contributed by atoms with E-state index in [1.54, 1.807) is 6.20 Å². The summed E-state index contributed by atoms with van der Waals surface area (Å²) in [6, 6.07) is 11.8. The van der Waals surface area contributed by atoms with Crippen molar-refractivity contribution in [1.82, 2.24) is 14.7 Å². The van der Waals surface area contributed by atoms with Crippen LogP contribution in [0.5, 0.6) is 5.75 Å². The number of benzene rings is 1. The van der Waals surface area contributed by atoms with E-state index in [0.717, 1.165) is 31.7 Å². The van der Waals surface area contributed by atoms with Gasteiger partial charge in [0, 0.05) is 18.9 Å². The van der Waals surface area contributed by atoms with Gasteiger partial charge in [-0.05, 0) is 31.0 Å². The van der Waals surface area contributed by atoms with E-state index in [0.29, 0.717) is 13.0 Å². The maximum atomic E-state index is 12.4. The number of carbonyl (C=O) groups is 1. The molecule has 2 heterocycles. The Hall–Kier alpha value is -2.30. The molecule has 5 nitrogen and oxygen atoms in total. The number of hydrogen-bond donors (Lipinski definition) is 0. The van der Waals surface area contributed by atoms with Crippen molar-refractivity contribution in [2.24, 2.45) is 0 Å². The molecule has 1 atom stereocenters. The monoisotopic (exact) mass is 299 g/mol. The Kier molecular flexibility index (Phi) is 4.73. The first kappa shape index (κ1) is 14.6. The minimum absolute atomic E-state index is 0.172. The first-order valence-corrected chi connectivity index (χ1v) is 7.77. The molecule has 2 aromatic rings. The van der Waals surface area contributed by atoms with Gasteiger partial charge in [0.05, 0.1) is 25.6 Å². The number of nitrogens with zero attached hydrogens (tertiary/aromatic N) is 3. The smallest absolute Gasteiger partial charge is 0.226 e. The van der Waals surface area contributed by atoms with E-state index in [1.165, 1.54) is 0 Å². The molecule has 1 fully saturated rings. The molecule has 0 N–H and O–H groups in total. The van der Waals surface area contributed by atoms with Crippen LogP contribution < -0.4 is 4.74 Å². The average Bonchev–Trinajstić information content (AvgIpc) is 3.20. The molecular weight excluding hydrogens is 278 g/mol. The van der Waals surface area contributed by atoms with Crippen LogP contribution in [0.3, 0.4) is 0 Å². The summed E-state index contributed by atoms with van der Waals surface area (Å²) < 4.78 is 7.51. The molecule has 1 aromatic carbocycles. The SMILES string of the molecule is O=C(CCOc1ccccc1)N1CCCC1Cn1cccn1. The Bertz CT molecular complexity index is 583. The van der Waals surface area contributed by atoms with Crippen LogP contribution in [-0.4, -0.2) is 39.8 Å². The van der Waals surface area contributed by atoms with Gasteiger partial charge in [0.1, 0.15) is 5.75 Å². The summed E-state index contributed by atoms with van der Waals surface area (Å²) in [6.07, 6.45) is 6.25. The number of ether oxygens (including phenoxy) is 1. The van der Waals surface area contributed by atoms with Crippen molar-refractivity contribution in [3.8, 4) is 5.75 Å². The molecule has 1 amide bonds. The molecule has 3 rings (SSSR count). The summed E-state index contributed by atoms with van der Waals surface area (Å²) in [7, 11) is 0. The number of aromatic nitrogens is 2. The van der Waals surface area contributed by atoms with Gasteiger partial charge in [-0.2, -0.15) is 5.10 Å². The third-order valence-electron chi connectivity index (χ3n) is 3.98. The predicted octanol–water partition coefficient (Wildman–Crippen LogP) is 2.34. The molecule has 1 saturated heterocycles. The second-order valence-electron chi connectivity index (χ2n) is 5.52. The molecule has 1 aliphatic rings. The topological polar surface area (TPSA) is 47.4 Å².